The van der Waals surface area contributed by atoms with Gasteiger partial charge in [-0.05, 0) is 80.3 Å². The molecule has 5 heterocycles. The van der Waals surface area contributed by atoms with Crippen LogP contribution in [0.1, 0.15) is 61.9 Å². The van der Waals surface area contributed by atoms with Crippen LogP contribution in [-0.2, 0) is 49.3 Å². The Balaban J connectivity index is 0.0000120. The molecule has 31 nitrogen and oxygen atoms in total. The van der Waals surface area contributed by atoms with Gasteiger partial charge in [0.05, 0.1) is 49.0 Å². The van der Waals surface area contributed by atoms with E-state index in [1.54, 1.807) is 30.0 Å². The zero-order valence-electron chi connectivity index (χ0n) is 50.4. The number of imidazole rings is 1. The minimum absolute atomic E-state index is 0. The number of carbonyl (C=O) groups is 7. The molecule has 0 radical (unpaired) electrons. The maximum absolute atomic E-state index is 14.6. The molecule has 7 amide bonds. The number of amides is 7. The van der Waals surface area contributed by atoms with Gasteiger partial charge in [0, 0.05) is 75.2 Å². The minimum Gasteiger partial charge on any atom is -0.691 e. The number of carbonyl (C=O) groups excluding carboxylic acids is 7. The maximum Gasteiger partial charge on any atom is 1.00 e. The summed E-state index contributed by atoms with van der Waals surface area (Å²) in [6.45, 7) is 8.88. The van der Waals surface area contributed by atoms with Gasteiger partial charge in [0.25, 0.3) is 18.2 Å². The third kappa shape index (κ3) is 18.2. The first kappa shape index (κ1) is 72.3. The summed E-state index contributed by atoms with van der Waals surface area (Å²) in [6.07, 6.45) is -7.80. The van der Waals surface area contributed by atoms with Crippen molar-refractivity contribution in [2.24, 2.45) is 5.92 Å². The fraction of sp³-hybridized carbons (Fsp3) is 0.483. The number of hydrogen-bond acceptors (Lipinski definition) is 24. The van der Waals surface area contributed by atoms with Gasteiger partial charge in [-0.15, -0.1) is 4.33 Å². The van der Waals surface area contributed by atoms with E-state index < -0.39 is 165 Å². The molecule has 0 aliphatic carbocycles. The molecule has 3 saturated heterocycles. The van der Waals surface area contributed by atoms with Gasteiger partial charge in [-0.25, -0.2) is 16.1 Å². The Kier molecular flexibility index (Phi) is 26.4. The van der Waals surface area contributed by atoms with Gasteiger partial charge >= 0.3 is 29.6 Å². The summed E-state index contributed by atoms with van der Waals surface area (Å²) in [7, 11) is 1.67. The van der Waals surface area contributed by atoms with E-state index in [2.05, 4.69) is 40.8 Å². The molecular weight excluding hydrogens is 1260 g/mol. The maximum atomic E-state index is 14.6. The quantitative estimate of drug-likeness (QED) is 0.00818. The van der Waals surface area contributed by atoms with E-state index in [0.29, 0.717) is 34.4 Å². The number of methoxy groups -OCH3 is 1. The van der Waals surface area contributed by atoms with Crippen molar-refractivity contribution in [2.45, 2.75) is 125 Å². The summed E-state index contributed by atoms with van der Waals surface area (Å²) in [5.74, 6) is -9.01. The number of nitrogens with zero attached hydrogens (tertiary/aromatic N) is 6. The van der Waals surface area contributed by atoms with Crippen molar-refractivity contribution >= 4 is 70.0 Å². The SMILES string of the molecule is [C-]#[N+]C[C@@H](O)[C@@H]1NC(=O)[C@H]([C@H](O)Cc2ccc(O)c(OSOO[O-])c2)NC(=O)[C@@H]2C[C@H](O)CN2C(=O)[C@H]([C@H](C)O)NC(=O)[C@@H](NC(=O)c2ccc(-c3cn4nc(-c5ccc(OCCCCCOC)cc5)sc4n3)cc2)C[C@H](O)CNC(=O)[C@@H]2[C@@H](O)[C@H](C)CN2C1=O.[Na+]. The van der Waals surface area contributed by atoms with Crippen molar-refractivity contribution in [3.63, 3.8) is 0 Å². The second-order valence-electron chi connectivity index (χ2n) is 22.2. The van der Waals surface area contributed by atoms with Gasteiger partial charge in [0.2, 0.25) is 46.9 Å². The minimum atomic E-state index is -2.16. The number of aromatic nitrogens is 3. The van der Waals surface area contributed by atoms with E-state index in [9.17, 15) is 74.6 Å². The number of benzene rings is 3. The number of unbranched alkanes of at least 4 members (excludes halogenated alkanes) is 2. The smallest absolute Gasteiger partial charge is 0.691 e. The van der Waals surface area contributed by atoms with Gasteiger partial charge in [-0.3, -0.25) is 38.6 Å². The Bertz CT molecular complexity index is 3380. The fourth-order valence-electron chi connectivity index (χ4n) is 10.7. The number of rotatable bonds is 21. The molecule has 0 saturated carbocycles. The van der Waals surface area contributed by atoms with Crippen LogP contribution in [0.2, 0.25) is 0 Å². The number of ether oxygens (including phenoxy) is 2. The van der Waals surface area contributed by atoms with Crippen LogP contribution in [0.5, 0.6) is 17.2 Å². The first-order chi connectivity index (χ1) is 43.6. The summed E-state index contributed by atoms with van der Waals surface area (Å²) in [6, 6.07) is 5.67. The van der Waals surface area contributed by atoms with Crippen LogP contribution in [0.15, 0.2) is 72.9 Å². The van der Waals surface area contributed by atoms with Gasteiger partial charge < -0.3 is 95.9 Å². The zero-order chi connectivity index (χ0) is 65.6. The molecule has 3 aliphatic rings. The average molecular weight is 1330 g/mol. The van der Waals surface area contributed by atoms with Gasteiger partial charge in [-0.1, -0.05) is 36.5 Å². The van der Waals surface area contributed by atoms with Crippen LogP contribution in [0.4, 0.5) is 0 Å². The number of hydrogen-bond donors (Lipinski definition) is 12. The molecule has 34 heteroatoms. The normalized spacial score (nSPS) is 24.5. The van der Waals surface area contributed by atoms with E-state index in [1.165, 1.54) is 36.5 Å². The molecular formula is C58H70N11NaO20S2. The standard InChI is InChI=1S/C58H71N11O20S2.Na/c1-29-26-68-48(49(29)76)54(81)60-24-35(71)22-38(61-50(77)33-11-9-32(10-12-33)39-28-69-58(62-39)90-55(66-69)34-13-15-37(16-14-34)86-19-7-5-6-18-85-4)51(78)63-45(30(2)70)56(82)67-27-36(72)23-40(67)52(79)64-46(53(80)65-47(57(68)83)43(75)25-59-3)42(74)20-31-8-17-41(73)44(21-31)87-91-89-88-84;/h8-17,21,28-30,35-36,38,40,42-43,45-49,70-76,84H,5-7,18-20,22-27H2,1-2,4H3,(H,60,81)(H,61,77)(H,63,78)(H,64,79)(H,65,80);/q;+1/p-1/t29-,30+,35+,36+,38+,40+,42-,43-,45+,46+,47+,48+,49+;/m1./s1. The molecule has 12 N–H and O–H groups in total. The number of aromatic hydroxyl groups is 1. The molecule has 0 unspecified atom stereocenters. The number of nitrogens with one attached hydrogen (secondary N) is 5. The Morgan fingerprint density at radius 2 is 1.52 bits per heavy atom. The van der Waals surface area contributed by atoms with Crippen LogP contribution >= 0.6 is 23.7 Å². The average Bonchev–Trinajstić information content (AvgIpc) is 1.92. The summed E-state index contributed by atoms with van der Waals surface area (Å²) >= 11 is 1.36. The van der Waals surface area contributed by atoms with E-state index in [4.69, 9.17) is 30.3 Å². The number of β-amino-alcohol motifs (C(OH)–C–C–N with tert-alkyl or cyclic N) is 1. The van der Waals surface area contributed by atoms with Crippen LogP contribution in [0.25, 0.3) is 31.6 Å². The molecule has 2 aromatic heterocycles. The molecule has 3 aliphatic heterocycles. The molecule has 8 rings (SSSR count). The third-order valence-corrected chi connectivity index (χ3v) is 16.9. The van der Waals surface area contributed by atoms with Crippen LogP contribution in [0.3, 0.4) is 0 Å². The van der Waals surface area contributed by atoms with E-state index in [0.717, 1.165) is 59.4 Å². The molecule has 0 spiro atoms. The summed E-state index contributed by atoms with van der Waals surface area (Å²) in [5, 5.41) is 110. The zero-order valence-corrected chi connectivity index (χ0v) is 54.0. The summed E-state index contributed by atoms with van der Waals surface area (Å²) in [4.78, 5) is 111. The van der Waals surface area contributed by atoms with Crippen LogP contribution < -0.4 is 70.3 Å². The Morgan fingerprint density at radius 1 is 0.837 bits per heavy atom. The van der Waals surface area contributed by atoms with Crippen molar-refractivity contribution in [1.29, 1.82) is 0 Å². The Hall–Kier alpha value is -7.11. The number of aliphatic hydroxyl groups excluding tert-OH is 6. The molecule has 3 aromatic carbocycles. The summed E-state index contributed by atoms with van der Waals surface area (Å²) in [5.41, 5.74) is 2.06. The second-order valence-corrected chi connectivity index (χ2v) is 23.6. The van der Waals surface area contributed by atoms with E-state index in [1.807, 2.05) is 24.3 Å². The van der Waals surface area contributed by atoms with Crippen LogP contribution in [0, 0.1) is 12.5 Å². The Morgan fingerprint density at radius 3 is 2.21 bits per heavy atom. The monoisotopic (exact) mass is 1330 g/mol. The van der Waals surface area contributed by atoms with Crippen molar-refractivity contribution in [3.8, 4) is 39.1 Å². The third-order valence-electron chi connectivity index (χ3n) is 15.5. The predicted octanol–water partition coefficient (Wildman–Crippen LogP) is -4.94. The Labute approximate surface area is 557 Å². The van der Waals surface area contributed by atoms with Crippen LogP contribution in [-0.4, -0.2) is 221 Å². The molecule has 13 atom stereocenters. The van der Waals surface area contributed by atoms with Gasteiger partial charge in [0.15, 0.2) is 17.6 Å². The fourth-order valence-corrected chi connectivity index (χ4v) is 11.8. The molecule has 92 heavy (non-hydrogen) atoms. The van der Waals surface area contributed by atoms with Crippen molar-refractivity contribution in [3.05, 3.63) is 95.5 Å². The van der Waals surface area contributed by atoms with Gasteiger partial charge in [-0.2, -0.15) is 5.10 Å². The molecule has 3 fully saturated rings. The molecule has 0 bridgehead atoms. The number of phenolic OH excluding ortho intramolecular Hbond substituents is 1. The van der Waals surface area contributed by atoms with E-state index in [-0.39, 0.29) is 65.3 Å². The van der Waals surface area contributed by atoms with Crippen molar-refractivity contribution in [2.75, 3.05) is 46.5 Å². The second kappa shape index (κ2) is 33.6. The summed E-state index contributed by atoms with van der Waals surface area (Å²) < 4.78 is 21.8. The number of phenols is 1. The molecule has 5 aromatic rings. The topological polar surface area (TPSA) is 431 Å². The first-order valence-electron chi connectivity index (χ1n) is 28.9. The van der Waals surface area contributed by atoms with Crippen molar-refractivity contribution < 1.29 is 127 Å². The van der Waals surface area contributed by atoms with Gasteiger partial charge in [0.1, 0.15) is 47.0 Å². The van der Waals surface area contributed by atoms with E-state index >= 15 is 0 Å². The number of aliphatic hydroxyl groups is 6. The predicted molar refractivity (Wildman–Crippen MR) is 318 cm³/mol. The van der Waals surface area contributed by atoms with Crippen molar-refractivity contribution in [1.82, 2.24) is 51.0 Å². The number of fused-ring (bicyclic) bond motifs is 3. The molecule has 490 valence electrons. The first-order valence-corrected chi connectivity index (χ1v) is 30.4. The largest absolute Gasteiger partial charge is 1.00 e.